The van der Waals surface area contributed by atoms with Crippen molar-refractivity contribution in [1.29, 1.82) is 0 Å². The molecule has 2 aliphatic heterocycles. The molecule has 0 bridgehead atoms. The molecule has 0 saturated carbocycles. The van der Waals surface area contributed by atoms with E-state index < -0.39 is 65.9 Å². The highest BCUT2D eigenvalue weighted by molar-refractivity contribution is 5.70. The van der Waals surface area contributed by atoms with Gasteiger partial charge in [0.2, 0.25) is 0 Å². The second kappa shape index (κ2) is 12.7. The van der Waals surface area contributed by atoms with Crippen LogP contribution in [0.4, 0.5) is 42.5 Å². The molecular weight excluding hydrogens is 580 g/mol. The summed E-state index contributed by atoms with van der Waals surface area (Å²) in [4.78, 5) is 20.8. The summed E-state index contributed by atoms with van der Waals surface area (Å²) in [5.41, 5.74) is 0.215. The van der Waals surface area contributed by atoms with Gasteiger partial charge in [0.1, 0.15) is 23.1 Å². The molecule has 1 aromatic carbocycles. The highest BCUT2D eigenvalue weighted by atomic mass is 19.4. The SMILES string of the molecule is O=C(O)N[C@H]1C[C@@H](C(F)(F)F)CN(c2ccncc2NCc2ccc(F)c(-c3c(F)cc(C4CCOCC4)cc3F)n2)C1. The summed E-state index contributed by atoms with van der Waals surface area (Å²) in [7, 11) is 0. The molecular formula is C29H29F6N5O3. The maximum Gasteiger partial charge on any atom is 0.404 e. The van der Waals surface area contributed by atoms with E-state index >= 15 is 8.78 Å². The van der Waals surface area contributed by atoms with Crippen LogP contribution in [-0.4, -0.2) is 59.7 Å². The Balaban J connectivity index is 1.37. The van der Waals surface area contributed by atoms with E-state index in [2.05, 4.69) is 20.6 Å². The van der Waals surface area contributed by atoms with Crippen molar-refractivity contribution in [2.24, 2.45) is 5.92 Å². The quantitative estimate of drug-likeness (QED) is 0.279. The lowest BCUT2D eigenvalue weighted by Crippen LogP contribution is -2.53. The second-order valence-corrected chi connectivity index (χ2v) is 10.7. The van der Waals surface area contributed by atoms with Gasteiger partial charge in [0.25, 0.3) is 0 Å². The van der Waals surface area contributed by atoms with Gasteiger partial charge in [-0.05, 0) is 61.1 Å². The smallest absolute Gasteiger partial charge is 0.404 e. The number of amides is 1. The number of nitrogens with one attached hydrogen (secondary N) is 2. The number of hydrogen-bond acceptors (Lipinski definition) is 6. The third-order valence-electron chi connectivity index (χ3n) is 7.74. The minimum Gasteiger partial charge on any atom is -0.465 e. The van der Waals surface area contributed by atoms with E-state index in [1.54, 1.807) is 0 Å². The Morgan fingerprint density at radius 3 is 2.44 bits per heavy atom. The normalized spacial score (nSPS) is 19.7. The fraction of sp³-hybridized carbons (Fsp3) is 0.414. The summed E-state index contributed by atoms with van der Waals surface area (Å²) in [6, 6.07) is 5.27. The summed E-state index contributed by atoms with van der Waals surface area (Å²) < 4.78 is 91.5. The van der Waals surface area contributed by atoms with Gasteiger partial charge in [-0.2, -0.15) is 13.2 Å². The molecule has 2 fully saturated rings. The molecule has 1 amide bonds. The Hall–Kier alpha value is -4.07. The molecule has 2 saturated heterocycles. The van der Waals surface area contributed by atoms with Crippen molar-refractivity contribution in [2.45, 2.75) is 43.9 Å². The number of benzene rings is 1. The average Bonchev–Trinajstić information content (AvgIpc) is 2.96. The van der Waals surface area contributed by atoms with Gasteiger partial charge in [-0.3, -0.25) is 4.98 Å². The zero-order chi connectivity index (χ0) is 30.7. The van der Waals surface area contributed by atoms with E-state index in [9.17, 15) is 22.4 Å². The molecule has 8 nitrogen and oxygen atoms in total. The molecule has 3 aromatic rings. The fourth-order valence-electron chi connectivity index (χ4n) is 5.64. The molecule has 2 aromatic heterocycles. The molecule has 2 atom stereocenters. The van der Waals surface area contributed by atoms with Crippen molar-refractivity contribution in [3.05, 3.63) is 71.4 Å². The summed E-state index contributed by atoms with van der Waals surface area (Å²) >= 11 is 0. The molecule has 5 rings (SSSR count). The van der Waals surface area contributed by atoms with Crippen LogP contribution < -0.4 is 15.5 Å². The van der Waals surface area contributed by atoms with Crippen molar-refractivity contribution in [3.63, 3.8) is 0 Å². The molecule has 4 heterocycles. The van der Waals surface area contributed by atoms with E-state index in [4.69, 9.17) is 9.84 Å². The molecule has 0 aliphatic carbocycles. The molecule has 0 spiro atoms. The van der Waals surface area contributed by atoms with E-state index in [0.717, 1.165) is 6.07 Å². The standard InChI is InChI=1S/C29H29F6N5O3/c30-21-2-1-19(38-27(21)26-22(31)9-17(10-23(26)32)16-4-7-43-8-5-16)12-37-24-13-36-6-3-25(24)40-14-18(29(33,34)35)11-20(15-40)39-28(41)42/h1-3,6,9-10,13,16,18,20,37,39H,4-5,7-8,11-12,14-15H2,(H,41,42)/t18-,20+/m1/s1. The Kier molecular flexibility index (Phi) is 8.95. The predicted octanol–water partition coefficient (Wildman–Crippen LogP) is 6.09. The van der Waals surface area contributed by atoms with Crippen molar-refractivity contribution < 1.29 is 41.0 Å². The first-order chi connectivity index (χ1) is 20.5. The fourth-order valence-corrected chi connectivity index (χ4v) is 5.64. The number of pyridine rings is 2. The van der Waals surface area contributed by atoms with E-state index in [0.29, 0.717) is 43.0 Å². The lowest BCUT2D eigenvalue weighted by molar-refractivity contribution is -0.177. The third kappa shape index (κ3) is 7.12. The highest BCUT2D eigenvalue weighted by Gasteiger charge is 2.45. The number of hydrogen-bond donors (Lipinski definition) is 3. The van der Waals surface area contributed by atoms with E-state index in [-0.39, 0.29) is 24.7 Å². The van der Waals surface area contributed by atoms with Crippen molar-refractivity contribution in [1.82, 2.24) is 15.3 Å². The van der Waals surface area contributed by atoms with Crippen molar-refractivity contribution in [2.75, 3.05) is 36.5 Å². The van der Waals surface area contributed by atoms with Crippen molar-refractivity contribution in [3.8, 4) is 11.3 Å². The topological polar surface area (TPSA) is 99.6 Å². The Bertz CT molecular complexity index is 1440. The van der Waals surface area contributed by atoms with Crippen LogP contribution in [0.2, 0.25) is 0 Å². The Morgan fingerprint density at radius 1 is 1.05 bits per heavy atom. The van der Waals surface area contributed by atoms with Gasteiger partial charge in [-0.1, -0.05) is 0 Å². The number of ether oxygens (including phenoxy) is 1. The maximum absolute atomic E-state index is 15.2. The number of rotatable bonds is 7. The summed E-state index contributed by atoms with van der Waals surface area (Å²) in [6.07, 6.45) is -2.36. The van der Waals surface area contributed by atoms with Crippen LogP contribution >= 0.6 is 0 Å². The zero-order valence-corrected chi connectivity index (χ0v) is 22.8. The Morgan fingerprint density at radius 2 is 1.77 bits per heavy atom. The largest absolute Gasteiger partial charge is 0.465 e. The number of carbonyl (C=O) groups is 1. The van der Waals surface area contributed by atoms with Gasteiger partial charge in [0.05, 0.1) is 47.3 Å². The van der Waals surface area contributed by atoms with Gasteiger partial charge in [0, 0.05) is 32.5 Å². The van der Waals surface area contributed by atoms with Crippen LogP contribution in [0.5, 0.6) is 0 Å². The Labute approximate surface area is 243 Å². The minimum atomic E-state index is -4.54. The van der Waals surface area contributed by atoms with Gasteiger partial charge in [0.15, 0.2) is 0 Å². The van der Waals surface area contributed by atoms with E-state index in [1.807, 2.05) is 0 Å². The first-order valence-corrected chi connectivity index (χ1v) is 13.7. The number of nitrogens with zero attached hydrogens (tertiary/aromatic N) is 3. The summed E-state index contributed by atoms with van der Waals surface area (Å²) in [6.45, 7) is 0.475. The second-order valence-electron chi connectivity index (χ2n) is 10.7. The highest BCUT2D eigenvalue weighted by Crippen LogP contribution is 2.37. The molecule has 0 unspecified atom stereocenters. The number of piperidine rings is 1. The number of aromatic nitrogens is 2. The van der Waals surface area contributed by atoms with Crippen LogP contribution in [0.15, 0.2) is 42.7 Å². The monoisotopic (exact) mass is 609 g/mol. The van der Waals surface area contributed by atoms with Gasteiger partial charge < -0.3 is 25.4 Å². The first kappa shape index (κ1) is 30.4. The van der Waals surface area contributed by atoms with Crippen molar-refractivity contribution >= 4 is 17.5 Å². The minimum absolute atomic E-state index is 0.0149. The average molecular weight is 610 g/mol. The van der Waals surface area contributed by atoms with Gasteiger partial charge >= 0.3 is 12.3 Å². The molecule has 0 radical (unpaired) electrons. The van der Waals surface area contributed by atoms with E-state index in [1.165, 1.54) is 41.6 Å². The maximum atomic E-state index is 15.2. The van der Waals surface area contributed by atoms with Crippen LogP contribution in [0.3, 0.4) is 0 Å². The third-order valence-corrected chi connectivity index (χ3v) is 7.74. The summed E-state index contributed by atoms with van der Waals surface area (Å²) in [5.74, 6) is -4.66. The van der Waals surface area contributed by atoms with Gasteiger partial charge in [-0.25, -0.2) is 22.9 Å². The van der Waals surface area contributed by atoms with Crippen LogP contribution in [0.1, 0.15) is 36.4 Å². The first-order valence-electron chi connectivity index (χ1n) is 13.7. The van der Waals surface area contributed by atoms with Crippen LogP contribution in [-0.2, 0) is 11.3 Å². The van der Waals surface area contributed by atoms with Gasteiger partial charge in [-0.15, -0.1) is 0 Å². The number of alkyl halides is 3. The molecule has 230 valence electrons. The molecule has 3 N–H and O–H groups in total. The zero-order valence-electron chi connectivity index (χ0n) is 22.8. The molecule has 2 aliphatic rings. The van der Waals surface area contributed by atoms with Crippen LogP contribution in [0, 0.1) is 23.4 Å². The summed E-state index contributed by atoms with van der Waals surface area (Å²) in [5, 5.41) is 14.2. The molecule has 43 heavy (non-hydrogen) atoms. The number of halogens is 6. The van der Waals surface area contributed by atoms with Crippen LogP contribution in [0.25, 0.3) is 11.3 Å². The lowest BCUT2D eigenvalue weighted by atomic mass is 9.90. The predicted molar refractivity (Wildman–Crippen MR) is 145 cm³/mol. The molecule has 14 heteroatoms. The lowest BCUT2D eigenvalue weighted by Gasteiger charge is -2.40. The number of anilines is 2. The number of carboxylic acid groups (broad SMARTS) is 1.